The molecule has 0 aliphatic rings. The highest BCUT2D eigenvalue weighted by atomic mass is 16.3. The lowest BCUT2D eigenvalue weighted by Gasteiger charge is -2.27. The minimum atomic E-state index is -0.160. The van der Waals surface area contributed by atoms with Crippen LogP contribution < -0.4 is 0 Å². The molecule has 4 nitrogen and oxygen atoms in total. The molecule has 5 aromatic carbocycles. The van der Waals surface area contributed by atoms with E-state index in [1.54, 1.807) is 0 Å². The van der Waals surface area contributed by atoms with Crippen molar-refractivity contribution in [2.24, 2.45) is 0 Å². The summed E-state index contributed by atoms with van der Waals surface area (Å²) in [5.74, 6) is 0.892. The first-order valence-electron chi connectivity index (χ1n) is 19.9. The lowest BCUT2D eigenvalue weighted by Crippen LogP contribution is -2.17. The van der Waals surface area contributed by atoms with Crippen molar-refractivity contribution in [2.75, 3.05) is 0 Å². The minimum absolute atomic E-state index is 0.0942. The Morgan fingerprint density at radius 3 is 1.61 bits per heavy atom. The Morgan fingerprint density at radius 1 is 0.464 bits per heavy atom. The fourth-order valence-corrected chi connectivity index (χ4v) is 7.31. The number of imidazole rings is 1. The normalized spacial score (nSPS) is 12.7. The molecular weight excluding hydrogens is 683 g/mol. The number of hydrogen-bond donors (Lipinski definition) is 1. The fraction of sp³-hybridized carbons (Fsp3) is 0.308. The summed E-state index contributed by atoms with van der Waals surface area (Å²) >= 11 is 0. The summed E-state index contributed by atoms with van der Waals surface area (Å²) in [6.07, 6.45) is 1.86. The molecule has 0 aliphatic heterocycles. The van der Waals surface area contributed by atoms with Gasteiger partial charge in [0.1, 0.15) is 11.6 Å². The standard InChI is InChI=1S/C52H57N3O/c1-49(2,3)37-25-35(24-36(26-37)44-20-16-17-23-53-44)43-31-40(52(10,11)12)32-45-47(43)54-48(42-22-21-34(27-46(42)56)33-18-14-13-15-19-33)55(45)41-29-38(50(4,5)6)28-39(30-41)51(7,8)9/h13-32,56H,1-12H3. The van der Waals surface area contributed by atoms with Crippen LogP contribution in [0.3, 0.4) is 0 Å². The number of aromatic hydroxyl groups is 1. The highest BCUT2D eigenvalue weighted by Gasteiger charge is 2.28. The van der Waals surface area contributed by atoms with Crippen molar-refractivity contribution in [2.45, 2.75) is 105 Å². The highest BCUT2D eigenvalue weighted by molar-refractivity contribution is 5.98. The molecule has 0 fully saturated rings. The van der Waals surface area contributed by atoms with Crippen LogP contribution in [0.5, 0.6) is 5.75 Å². The Kier molecular flexibility index (Phi) is 9.64. The van der Waals surface area contributed by atoms with Crippen LogP contribution in [0.25, 0.3) is 61.6 Å². The van der Waals surface area contributed by atoms with E-state index in [4.69, 9.17) is 9.97 Å². The molecule has 7 aromatic rings. The Hall–Kier alpha value is -5.48. The van der Waals surface area contributed by atoms with Crippen molar-refractivity contribution in [3.8, 4) is 56.3 Å². The Balaban J connectivity index is 1.62. The van der Waals surface area contributed by atoms with Gasteiger partial charge in [0, 0.05) is 23.0 Å². The summed E-state index contributed by atoms with van der Waals surface area (Å²) in [5, 5.41) is 12.0. The quantitative estimate of drug-likeness (QED) is 0.191. The number of phenols is 1. The van der Waals surface area contributed by atoms with Gasteiger partial charge in [-0.05, 0) is 121 Å². The van der Waals surface area contributed by atoms with Gasteiger partial charge in [0.05, 0.1) is 22.3 Å². The van der Waals surface area contributed by atoms with Gasteiger partial charge in [0.25, 0.3) is 0 Å². The van der Waals surface area contributed by atoms with Crippen LogP contribution in [-0.4, -0.2) is 19.6 Å². The molecule has 56 heavy (non-hydrogen) atoms. The van der Waals surface area contributed by atoms with Gasteiger partial charge in [-0.25, -0.2) is 4.98 Å². The first kappa shape index (κ1) is 38.8. The van der Waals surface area contributed by atoms with Crippen LogP contribution in [0, 0.1) is 0 Å². The summed E-state index contributed by atoms with van der Waals surface area (Å²) in [7, 11) is 0. The molecule has 0 aliphatic carbocycles. The van der Waals surface area contributed by atoms with E-state index in [9.17, 15) is 5.11 Å². The van der Waals surface area contributed by atoms with E-state index in [1.807, 2.05) is 48.7 Å². The van der Waals surface area contributed by atoms with E-state index < -0.39 is 0 Å². The van der Waals surface area contributed by atoms with Gasteiger partial charge in [-0.3, -0.25) is 9.55 Å². The maximum atomic E-state index is 12.0. The topological polar surface area (TPSA) is 50.9 Å². The Bertz CT molecular complexity index is 2520. The minimum Gasteiger partial charge on any atom is -0.507 e. The van der Waals surface area contributed by atoms with E-state index in [-0.39, 0.29) is 27.4 Å². The van der Waals surface area contributed by atoms with Gasteiger partial charge in [0.2, 0.25) is 0 Å². The van der Waals surface area contributed by atoms with Crippen LogP contribution in [0.1, 0.15) is 105 Å². The van der Waals surface area contributed by atoms with Crippen LogP contribution in [0.4, 0.5) is 0 Å². The number of pyridine rings is 1. The average molecular weight is 740 g/mol. The molecule has 0 saturated heterocycles. The van der Waals surface area contributed by atoms with E-state index in [1.165, 1.54) is 22.3 Å². The molecule has 0 unspecified atom stereocenters. The second kappa shape index (κ2) is 13.9. The van der Waals surface area contributed by atoms with Gasteiger partial charge in [-0.15, -0.1) is 0 Å². The van der Waals surface area contributed by atoms with Crippen molar-refractivity contribution in [3.05, 3.63) is 144 Å². The van der Waals surface area contributed by atoms with Crippen LogP contribution in [-0.2, 0) is 21.7 Å². The third-order valence-electron chi connectivity index (χ3n) is 11.0. The molecule has 286 valence electrons. The molecule has 0 amide bonds. The lowest BCUT2D eigenvalue weighted by atomic mass is 9.80. The maximum Gasteiger partial charge on any atom is 0.149 e. The fourth-order valence-electron chi connectivity index (χ4n) is 7.31. The summed E-state index contributed by atoms with van der Waals surface area (Å²) in [5.41, 5.74) is 14.2. The molecule has 4 heteroatoms. The van der Waals surface area contributed by atoms with Crippen molar-refractivity contribution in [3.63, 3.8) is 0 Å². The zero-order valence-corrected chi connectivity index (χ0v) is 35.3. The van der Waals surface area contributed by atoms with E-state index in [0.29, 0.717) is 11.4 Å². The number of rotatable bonds is 5. The summed E-state index contributed by atoms with van der Waals surface area (Å²) in [6.45, 7) is 27.3. The predicted molar refractivity (Wildman–Crippen MR) is 237 cm³/mol. The molecule has 2 heterocycles. The number of phenolic OH excluding ortho intramolecular Hbond substituents is 1. The number of benzene rings is 5. The maximum absolute atomic E-state index is 12.0. The second-order valence-electron chi connectivity index (χ2n) is 19.5. The molecule has 0 bridgehead atoms. The Morgan fingerprint density at radius 2 is 1.04 bits per heavy atom. The SMILES string of the molecule is CC(C)(C)c1cc(-c2ccccn2)cc(-c2cc(C(C)(C)C)cc3c2nc(-c2ccc(-c4ccccc4)cc2O)n3-c2cc(C(C)(C)C)cc(C(C)(C)C)c2)c1. The van der Waals surface area contributed by atoms with Crippen molar-refractivity contribution in [1.29, 1.82) is 0 Å². The summed E-state index contributed by atoms with van der Waals surface area (Å²) in [6, 6.07) is 40.8. The van der Waals surface area contributed by atoms with E-state index >= 15 is 0 Å². The largest absolute Gasteiger partial charge is 0.507 e. The average Bonchev–Trinajstić information content (AvgIpc) is 3.52. The molecule has 0 radical (unpaired) electrons. The first-order valence-corrected chi connectivity index (χ1v) is 19.9. The van der Waals surface area contributed by atoms with Crippen molar-refractivity contribution in [1.82, 2.24) is 14.5 Å². The molecular formula is C52H57N3O. The van der Waals surface area contributed by atoms with Gasteiger partial charge < -0.3 is 5.11 Å². The zero-order chi connectivity index (χ0) is 40.4. The van der Waals surface area contributed by atoms with E-state index in [2.05, 4.69) is 160 Å². The van der Waals surface area contributed by atoms with E-state index in [0.717, 1.165) is 50.2 Å². The predicted octanol–water partition coefficient (Wildman–Crippen LogP) is 14.0. The van der Waals surface area contributed by atoms with Gasteiger partial charge in [-0.1, -0.05) is 138 Å². The van der Waals surface area contributed by atoms with Gasteiger partial charge in [0.15, 0.2) is 0 Å². The molecule has 7 rings (SSSR count). The summed E-state index contributed by atoms with van der Waals surface area (Å²) in [4.78, 5) is 10.4. The first-order chi connectivity index (χ1) is 26.2. The van der Waals surface area contributed by atoms with Gasteiger partial charge >= 0.3 is 0 Å². The number of fused-ring (bicyclic) bond motifs is 1. The second-order valence-corrected chi connectivity index (χ2v) is 19.5. The molecule has 0 atom stereocenters. The molecule has 0 saturated carbocycles. The molecule has 1 N–H and O–H groups in total. The molecule has 2 aromatic heterocycles. The number of hydrogen-bond acceptors (Lipinski definition) is 3. The molecule has 0 spiro atoms. The highest BCUT2D eigenvalue weighted by Crippen LogP contribution is 2.44. The number of aromatic nitrogens is 3. The van der Waals surface area contributed by atoms with Crippen molar-refractivity contribution >= 4 is 11.0 Å². The third kappa shape index (κ3) is 7.67. The lowest BCUT2D eigenvalue weighted by molar-refractivity contribution is 0.477. The van der Waals surface area contributed by atoms with Crippen molar-refractivity contribution < 1.29 is 5.11 Å². The Labute approximate surface area is 334 Å². The number of nitrogens with zero attached hydrogens (tertiary/aromatic N) is 3. The van der Waals surface area contributed by atoms with Gasteiger partial charge in [-0.2, -0.15) is 0 Å². The summed E-state index contributed by atoms with van der Waals surface area (Å²) < 4.78 is 2.29. The third-order valence-corrected chi connectivity index (χ3v) is 11.0. The van der Waals surface area contributed by atoms with Crippen LogP contribution in [0.15, 0.2) is 121 Å². The zero-order valence-electron chi connectivity index (χ0n) is 35.3. The van der Waals surface area contributed by atoms with Crippen LogP contribution in [0.2, 0.25) is 0 Å². The van der Waals surface area contributed by atoms with Crippen LogP contribution >= 0.6 is 0 Å². The smallest absolute Gasteiger partial charge is 0.149 e. The monoisotopic (exact) mass is 739 g/mol.